The molecule has 3 rings (SSSR count). The first kappa shape index (κ1) is 23.9. The fourth-order valence-corrected chi connectivity index (χ4v) is 3.48. The quantitative estimate of drug-likeness (QED) is 0.371. The summed E-state index contributed by atoms with van der Waals surface area (Å²) in [4.78, 5) is 21.3. The van der Waals surface area contributed by atoms with E-state index in [1.54, 1.807) is 48.5 Å². The van der Waals surface area contributed by atoms with Crippen LogP contribution >= 0.6 is 23.2 Å². The highest BCUT2D eigenvalue weighted by Gasteiger charge is 2.16. The average molecular weight is 475 g/mol. The predicted octanol–water partition coefficient (Wildman–Crippen LogP) is 4.10. The van der Waals surface area contributed by atoms with Crippen molar-refractivity contribution in [3.05, 3.63) is 75.9 Å². The van der Waals surface area contributed by atoms with Crippen LogP contribution in [0.15, 0.2) is 54.7 Å². The summed E-state index contributed by atoms with van der Waals surface area (Å²) in [6, 6.07) is 13.0. The number of hydrogen-bond donors (Lipinski definition) is 4. The van der Waals surface area contributed by atoms with Crippen molar-refractivity contribution in [2.45, 2.75) is 25.4 Å². The number of nitrogens with zero attached hydrogens (tertiary/aromatic N) is 2. The van der Waals surface area contributed by atoms with Gasteiger partial charge in [0.2, 0.25) is 5.95 Å². The molecule has 0 aliphatic carbocycles. The van der Waals surface area contributed by atoms with Crippen LogP contribution in [0, 0.1) is 0 Å². The molecule has 0 spiro atoms. The van der Waals surface area contributed by atoms with Crippen LogP contribution in [0.2, 0.25) is 10.0 Å². The normalized spacial score (nSPS) is 12.8. The molecule has 9 heteroatoms. The van der Waals surface area contributed by atoms with E-state index in [-0.39, 0.29) is 25.2 Å². The monoisotopic (exact) mass is 474 g/mol. The average Bonchev–Trinajstić information content (AvgIpc) is 2.82. The molecule has 0 aliphatic heterocycles. The third kappa shape index (κ3) is 5.95. The lowest BCUT2D eigenvalue weighted by atomic mass is 10.1. The van der Waals surface area contributed by atoms with Gasteiger partial charge in [-0.3, -0.25) is 4.79 Å². The summed E-state index contributed by atoms with van der Waals surface area (Å²) in [5.74, 6) is 0.0277. The van der Waals surface area contributed by atoms with Crippen LogP contribution in [0.25, 0.3) is 11.3 Å². The minimum Gasteiger partial charge on any atom is -0.394 e. The maximum atomic E-state index is 12.7. The van der Waals surface area contributed by atoms with E-state index in [1.807, 2.05) is 6.92 Å². The SMILES string of the molecule is CC[C@@H](CO)Nc1ncc(Cl)c(-c2ccc(C(=O)NC(CO)c3cccc(Cl)c3)cc2)n1. The van der Waals surface area contributed by atoms with Gasteiger partial charge in [0, 0.05) is 16.1 Å². The molecule has 1 amide bonds. The van der Waals surface area contributed by atoms with Crippen molar-refractivity contribution in [1.82, 2.24) is 15.3 Å². The van der Waals surface area contributed by atoms with Crippen molar-refractivity contribution in [1.29, 1.82) is 0 Å². The van der Waals surface area contributed by atoms with E-state index in [0.717, 1.165) is 0 Å². The number of carbonyl (C=O) groups is 1. The molecule has 1 aromatic heterocycles. The first-order valence-electron chi connectivity index (χ1n) is 10.1. The Kier molecular flexibility index (Phi) is 8.41. The number of amides is 1. The van der Waals surface area contributed by atoms with E-state index in [2.05, 4.69) is 20.6 Å². The van der Waals surface area contributed by atoms with Crippen LogP contribution in [0.5, 0.6) is 0 Å². The summed E-state index contributed by atoms with van der Waals surface area (Å²) in [6.07, 6.45) is 2.21. The van der Waals surface area contributed by atoms with Crippen molar-refractivity contribution in [2.24, 2.45) is 0 Å². The molecular formula is C23H24Cl2N4O3. The largest absolute Gasteiger partial charge is 0.394 e. The Labute approximate surface area is 196 Å². The maximum Gasteiger partial charge on any atom is 0.251 e. The number of rotatable bonds is 9. The molecule has 0 fully saturated rings. The first-order chi connectivity index (χ1) is 15.4. The molecule has 0 radical (unpaired) electrons. The lowest BCUT2D eigenvalue weighted by Crippen LogP contribution is -2.30. The highest BCUT2D eigenvalue weighted by atomic mass is 35.5. The molecule has 0 saturated heterocycles. The number of anilines is 1. The number of benzene rings is 2. The highest BCUT2D eigenvalue weighted by Crippen LogP contribution is 2.27. The molecule has 2 atom stereocenters. The zero-order chi connectivity index (χ0) is 23.1. The summed E-state index contributed by atoms with van der Waals surface area (Å²) >= 11 is 12.3. The fourth-order valence-electron chi connectivity index (χ4n) is 3.08. The molecule has 2 aromatic carbocycles. The molecule has 0 aliphatic rings. The van der Waals surface area contributed by atoms with E-state index >= 15 is 0 Å². The topological polar surface area (TPSA) is 107 Å². The third-order valence-corrected chi connectivity index (χ3v) is 5.46. The van der Waals surface area contributed by atoms with Crippen LogP contribution in [-0.4, -0.2) is 45.3 Å². The molecule has 32 heavy (non-hydrogen) atoms. The van der Waals surface area contributed by atoms with Crippen LogP contribution in [0.4, 0.5) is 5.95 Å². The van der Waals surface area contributed by atoms with Crippen LogP contribution in [0.1, 0.15) is 35.3 Å². The Balaban J connectivity index is 1.76. The van der Waals surface area contributed by atoms with Gasteiger partial charge < -0.3 is 20.8 Å². The summed E-state index contributed by atoms with van der Waals surface area (Å²) < 4.78 is 0. The molecule has 0 bridgehead atoms. The van der Waals surface area contributed by atoms with Gasteiger partial charge in [-0.05, 0) is 36.2 Å². The van der Waals surface area contributed by atoms with E-state index < -0.39 is 6.04 Å². The predicted molar refractivity (Wildman–Crippen MR) is 126 cm³/mol. The standard InChI is InChI=1S/C23H24Cl2N4O3/c1-2-18(12-30)27-23-26-11-19(25)21(29-23)14-6-8-15(9-7-14)22(32)28-20(13-31)16-4-3-5-17(24)10-16/h3-11,18,20,30-31H,2,12-13H2,1H3,(H,28,32)(H,26,27,29)/t18-,20?/m0/s1. The van der Waals surface area contributed by atoms with Gasteiger partial charge >= 0.3 is 0 Å². The lowest BCUT2D eigenvalue weighted by Gasteiger charge is -2.17. The Hall–Kier alpha value is -2.71. The minimum absolute atomic E-state index is 0.0361. The smallest absolute Gasteiger partial charge is 0.251 e. The highest BCUT2D eigenvalue weighted by molar-refractivity contribution is 6.33. The molecule has 4 N–H and O–H groups in total. The fraction of sp³-hybridized carbons (Fsp3) is 0.261. The summed E-state index contributed by atoms with van der Waals surface area (Å²) in [5, 5.41) is 25.8. The van der Waals surface area contributed by atoms with Gasteiger partial charge in [0.1, 0.15) is 0 Å². The number of halogens is 2. The number of hydrogen-bond acceptors (Lipinski definition) is 6. The van der Waals surface area contributed by atoms with Gasteiger partial charge in [-0.1, -0.05) is 54.4 Å². The summed E-state index contributed by atoms with van der Waals surface area (Å²) in [6.45, 7) is 1.65. The van der Waals surface area contributed by atoms with E-state index in [4.69, 9.17) is 23.2 Å². The van der Waals surface area contributed by atoms with E-state index in [0.29, 0.717) is 44.8 Å². The Bertz CT molecular complexity index is 1060. The van der Waals surface area contributed by atoms with Gasteiger partial charge in [-0.25, -0.2) is 9.97 Å². The number of nitrogens with one attached hydrogen (secondary N) is 2. The van der Waals surface area contributed by atoms with Gasteiger partial charge in [0.15, 0.2) is 0 Å². The zero-order valence-corrected chi connectivity index (χ0v) is 18.9. The molecule has 7 nitrogen and oxygen atoms in total. The zero-order valence-electron chi connectivity index (χ0n) is 17.4. The second-order valence-electron chi connectivity index (χ2n) is 7.16. The number of aliphatic hydroxyl groups is 2. The second-order valence-corrected chi connectivity index (χ2v) is 8.01. The third-order valence-electron chi connectivity index (χ3n) is 4.95. The van der Waals surface area contributed by atoms with E-state index in [9.17, 15) is 15.0 Å². The Morgan fingerprint density at radius 3 is 2.47 bits per heavy atom. The number of carbonyl (C=O) groups excluding carboxylic acids is 1. The number of aliphatic hydroxyl groups excluding tert-OH is 2. The lowest BCUT2D eigenvalue weighted by molar-refractivity contribution is 0.0916. The molecule has 3 aromatic rings. The van der Waals surface area contributed by atoms with Crippen LogP contribution in [-0.2, 0) is 0 Å². The molecule has 168 valence electrons. The van der Waals surface area contributed by atoms with Crippen molar-refractivity contribution in [3.8, 4) is 11.3 Å². The Morgan fingerprint density at radius 1 is 1.09 bits per heavy atom. The Morgan fingerprint density at radius 2 is 1.84 bits per heavy atom. The van der Waals surface area contributed by atoms with Crippen LogP contribution in [0.3, 0.4) is 0 Å². The first-order valence-corrected chi connectivity index (χ1v) is 10.9. The van der Waals surface area contributed by atoms with Gasteiger partial charge in [-0.2, -0.15) is 0 Å². The summed E-state index contributed by atoms with van der Waals surface area (Å²) in [5.41, 5.74) is 2.36. The number of aromatic nitrogens is 2. The van der Waals surface area contributed by atoms with Crippen molar-refractivity contribution < 1.29 is 15.0 Å². The molecule has 1 heterocycles. The molecule has 0 saturated carbocycles. The van der Waals surface area contributed by atoms with Crippen LogP contribution < -0.4 is 10.6 Å². The maximum absolute atomic E-state index is 12.7. The van der Waals surface area contributed by atoms with Crippen molar-refractivity contribution >= 4 is 35.1 Å². The molecule has 1 unspecified atom stereocenters. The second kappa shape index (κ2) is 11.2. The van der Waals surface area contributed by atoms with Gasteiger partial charge in [0.05, 0.1) is 42.2 Å². The van der Waals surface area contributed by atoms with E-state index in [1.165, 1.54) is 6.20 Å². The van der Waals surface area contributed by atoms with Gasteiger partial charge in [-0.15, -0.1) is 0 Å². The summed E-state index contributed by atoms with van der Waals surface area (Å²) in [7, 11) is 0. The van der Waals surface area contributed by atoms with Gasteiger partial charge in [0.25, 0.3) is 5.91 Å². The van der Waals surface area contributed by atoms with Crippen molar-refractivity contribution in [3.63, 3.8) is 0 Å². The minimum atomic E-state index is -0.580. The molecular weight excluding hydrogens is 451 g/mol. The van der Waals surface area contributed by atoms with Crippen molar-refractivity contribution in [2.75, 3.05) is 18.5 Å².